The molecule has 3 rings (SSSR count). The van der Waals surface area contributed by atoms with E-state index in [4.69, 9.17) is 4.84 Å². The number of aromatic hydroxyl groups is 2. The normalized spacial score (nSPS) is 12.5. The first-order valence-corrected chi connectivity index (χ1v) is 8.71. The number of carbonyl (C=O) groups excluding carboxylic acids is 1. The molecular weight excluding hydrogens is 330 g/mol. The van der Waals surface area contributed by atoms with Crippen molar-refractivity contribution < 1.29 is 19.8 Å². The second-order valence-electron chi connectivity index (χ2n) is 6.96. The first-order chi connectivity index (χ1) is 12.4. The van der Waals surface area contributed by atoms with Crippen molar-refractivity contribution >= 4 is 16.7 Å². The van der Waals surface area contributed by atoms with Crippen molar-refractivity contribution in [1.82, 2.24) is 4.73 Å². The van der Waals surface area contributed by atoms with Crippen LogP contribution in [0.15, 0.2) is 48.5 Å². The molecule has 0 fully saturated rings. The molecular formula is C21H23NO4. The van der Waals surface area contributed by atoms with E-state index >= 15 is 0 Å². The molecule has 2 aromatic carbocycles. The zero-order chi connectivity index (χ0) is 18.8. The summed E-state index contributed by atoms with van der Waals surface area (Å²) in [5.74, 6) is -1.13. The number of hydrogen-bond donors (Lipinski definition) is 2. The van der Waals surface area contributed by atoms with Gasteiger partial charge in [-0.15, -0.1) is 4.73 Å². The maximum absolute atomic E-state index is 12.5. The molecule has 2 N–H and O–H groups in total. The third kappa shape index (κ3) is 3.38. The van der Waals surface area contributed by atoms with Crippen LogP contribution in [-0.4, -0.2) is 20.9 Å². The molecule has 0 aliphatic heterocycles. The van der Waals surface area contributed by atoms with Crippen LogP contribution >= 0.6 is 0 Å². The molecule has 1 unspecified atom stereocenters. The number of benzene rings is 2. The average Bonchev–Trinajstić information content (AvgIpc) is 2.86. The molecule has 0 bridgehead atoms. The monoisotopic (exact) mass is 353 g/mol. The fourth-order valence-corrected chi connectivity index (χ4v) is 3.00. The molecule has 136 valence electrons. The summed E-state index contributed by atoms with van der Waals surface area (Å²) in [5, 5.41) is 21.3. The van der Waals surface area contributed by atoms with E-state index in [1.165, 1.54) is 5.56 Å². The Balaban J connectivity index is 1.80. The van der Waals surface area contributed by atoms with Gasteiger partial charge < -0.3 is 15.1 Å². The second-order valence-corrected chi connectivity index (χ2v) is 6.96. The van der Waals surface area contributed by atoms with Crippen LogP contribution in [0, 0.1) is 5.92 Å². The van der Waals surface area contributed by atoms with Gasteiger partial charge in [0.15, 0.2) is 0 Å². The van der Waals surface area contributed by atoms with Gasteiger partial charge in [0.05, 0.1) is 16.7 Å². The Morgan fingerprint density at radius 1 is 0.962 bits per heavy atom. The van der Waals surface area contributed by atoms with E-state index in [1.54, 1.807) is 31.2 Å². The lowest BCUT2D eigenvalue weighted by Gasteiger charge is -2.13. The topological polar surface area (TPSA) is 71.7 Å². The van der Waals surface area contributed by atoms with Gasteiger partial charge in [-0.2, -0.15) is 0 Å². The zero-order valence-corrected chi connectivity index (χ0v) is 15.1. The van der Waals surface area contributed by atoms with E-state index in [2.05, 4.69) is 13.8 Å². The van der Waals surface area contributed by atoms with E-state index in [9.17, 15) is 15.0 Å². The number of nitrogens with zero attached hydrogens (tertiary/aromatic N) is 1. The Bertz CT molecular complexity index is 886. The predicted octanol–water partition coefficient (Wildman–Crippen LogP) is 4.01. The van der Waals surface area contributed by atoms with Gasteiger partial charge in [0.25, 0.3) is 0 Å². The summed E-state index contributed by atoms with van der Waals surface area (Å²) in [6, 6.07) is 14.6. The number of carbonyl (C=O) groups is 1. The third-order valence-electron chi connectivity index (χ3n) is 4.45. The minimum absolute atomic E-state index is 0.300. The largest absolute Gasteiger partial charge is 0.492 e. The molecule has 0 radical (unpaired) electrons. The Morgan fingerprint density at radius 3 is 2.00 bits per heavy atom. The predicted molar refractivity (Wildman–Crippen MR) is 100 cm³/mol. The standard InChI is InChI=1S/C21H23NO4/c1-13(2)12-15-8-10-16(11-9-15)14(3)21(25)26-22-19(23)17-6-4-5-7-18(17)20(22)24/h4-11,13-14,23-24H,12H2,1-3H3. The second kappa shape index (κ2) is 7.12. The maximum atomic E-state index is 12.5. The summed E-state index contributed by atoms with van der Waals surface area (Å²) in [7, 11) is 0. The summed E-state index contributed by atoms with van der Waals surface area (Å²) in [4.78, 5) is 17.7. The Hall–Kier alpha value is -2.95. The fraction of sp³-hybridized carbons (Fsp3) is 0.286. The smallest absolute Gasteiger partial charge is 0.340 e. The minimum atomic E-state index is -0.562. The van der Waals surface area contributed by atoms with Gasteiger partial charge in [0, 0.05) is 0 Å². The van der Waals surface area contributed by atoms with E-state index in [-0.39, 0.29) is 11.8 Å². The molecule has 5 heteroatoms. The van der Waals surface area contributed by atoms with Crippen LogP contribution in [-0.2, 0) is 11.2 Å². The molecule has 1 heterocycles. The van der Waals surface area contributed by atoms with Crippen molar-refractivity contribution in [3.63, 3.8) is 0 Å². The highest BCUT2D eigenvalue weighted by molar-refractivity contribution is 5.93. The van der Waals surface area contributed by atoms with Crippen molar-refractivity contribution in [3.8, 4) is 11.8 Å². The lowest BCUT2D eigenvalue weighted by Crippen LogP contribution is -2.24. The number of fused-ring (bicyclic) bond motifs is 1. The minimum Gasteiger partial charge on any atom is -0.492 e. The zero-order valence-electron chi connectivity index (χ0n) is 15.1. The van der Waals surface area contributed by atoms with E-state index in [0.717, 1.165) is 16.7 Å². The number of hydrogen-bond acceptors (Lipinski definition) is 4. The first-order valence-electron chi connectivity index (χ1n) is 8.71. The van der Waals surface area contributed by atoms with Crippen LogP contribution in [0.5, 0.6) is 11.8 Å². The molecule has 26 heavy (non-hydrogen) atoms. The van der Waals surface area contributed by atoms with Crippen molar-refractivity contribution in [1.29, 1.82) is 0 Å². The lowest BCUT2D eigenvalue weighted by molar-refractivity contribution is -0.146. The SMILES string of the molecule is CC(C)Cc1ccc(C(C)C(=O)On2c(O)c3ccccc3c2O)cc1. The first kappa shape index (κ1) is 17.9. The van der Waals surface area contributed by atoms with E-state index in [0.29, 0.717) is 16.7 Å². The number of rotatable bonds is 5. The quantitative estimate of drug-likeness (QED) is 0.727. The van der Waals surface area contributed by atoms with Crippen LogP contribution in [0.4, 0.5) is 0 Å². The van der Waals surface area contributed by atoms with E-state index < -0.39 is 11.9 Å². The van der Waals surface area contributed by atoms with Crippen molar-refractivity contribution in [2.45, 2.75) is 33.1 Å². The molecule has 0 aliphatic carbocycles. The molecule has 0 saturated heterocycles. The molecule has 0 saturated carbocycles. The maximum Gasteiger partial charge on any atom is 0.340 e. The highest BCUT2D eigenvalue weighted by Crippen LogP contribution is 2.35. The van der Waals surface area contributed by atoms with Crippen molar-refractivity contribution in [3.05, 3.63) is 59.7 Å². The van der Waals surface area contributed by atoms with Crippen LogP contribution in [0.1, 0.15) is 37.8 Å². The Morgan fingerprint density at radius 2 is 1.50 bits per heavy atom. The van der Waals surface area contributed by atoms with E-state index in [1.807, 2.05) is 24.3 Å². The summed E-state index contributed by atoms with van der Waals surface area (Å²) < 4.78 is 0.774. The summed E-state index contributed by atoms with van der Waals surface area (Å²) in [6.07, 6.45) is 0.983. The Kier molecular flexibility index (Phi) is 4.89. The van der Waals surface area contributed by atoms with Crippen molar-refractivity contribution in [2.24, 2.45) is 5.92 Å². The average molecular weight is 353 g/mol. The molecule has 0 spiro atoms. The van der Waals surface area contributed by atoms with Gasteiger partial charge in [-0.1, -0.05) is 50.2 Å². The molecule has 0 amide bonds. The van der Waals surface area contributed by atoms with Crippen molar-refractivity contribution in [2.75, 3.05) is 0 Å². The van der Waals surface area contributed by atoms with Gasteiger partial charge in [0.1, 0.15) is 0 Å². The summed E-state index contributed by atoms with van der Waals surface area (Å²) >= 11 is 0. The van der Waals surface area contributed by atoms with Gasteiger partial charge >= 0.3 is 5.97 Å². The van der Waals surface area contributed by atoms with Crippen LogP contribution in [0.25, 0.3) is 10.8 Å². The van der Waals surface area contributed by atoms with Gasteiger partial charge in [-0.05, 0) is 42.5 Å². The highest BCUT2D eigenvalue weighted by Gasteiger charge is 2.23. The molecule has 5 nitrogen and oxygen atoms in total. The summed E-state index contributed by atoms with van der Waals surface area (Å²) in [6.45, 7) is 6.05. The molecule has 1 aromatic heterocycles. The number of aromatic nitrogens is 1. The fourth-order valence-electron chi connectivity index (χ4n) is 3.00. The molecule has 0 aliphatic rings. The summed E-state index contributed by atoms with van der Waals surface area (Å²) in [5.41, 5.74) is 2.04. The highest BCUT2D eigenvalue weighted by atomic mass is 16.7. The van der Waals surface area contributed by atoms with Crippen LogP contribution in [0.2, 0.25) is 0 Å². The van der Waals surface area contributed by atoms with Crippen LogP contribution in [0.3, 0.4) is 0 Å². The molecule has 1 atom stereocenters. The van der Waals surface area contributed by atoms with Gasteiger partial charge in [0.2, 0.25) is 11.8 Å². The third-order valence-corrected chi connectivity index (χ3v) is 4.45. The van der Waals surface area contributed by atoms with Gasteiger partial charge in [-0.25, -0.2) is 4.79 Å². The molecule has 3 aromatic rings. The van der Waals surface area contributed by atoms with Crippen LogP contribution < -0.4 is 4.84 Å². The lowest BCUT2D eigenvalue weighted by atomic mass is 9.97. The Labute approximate surface area is 152 Å². The van der Waals surface area contributed by atoms with Gasteiger partial charge in [-0.3, -0.25) is 0 Å².